The van der Waals surface area contributed by atoms with Crippen molar-refractivity contribution in [1.82, 2.24) is 29.9 Å². The van der Waals surface area contributed by atoms with Crippen LogP contribution in [0.15, 0.2) is 61.2 Å². The van der Waals surface area contributed by atoms with Crippen molar-refractivity contribution in [3.63, 3.8) is 0 Å². The van der Waals surface area contributed by atoms with Crippen LogP contribution in [0.4, 0.5) is 16.6 Å². The smallest absolute Gasteiger partial charge is 0.413 e. The maximum Gasteiger partial charge on any atom is 0.413 e. The number of ketones is 1. The van der Waals surface area contributed by atoms with Crippen molar-refractivity contribution < 1.29 is 14.3 Å². The number of methoxy groups -OCH3 is 1. The van der Waals surface area contributed by atoms with Crippen LogP contribution >= 0.6 is 0 Å². The largest absolute Gasteiger partial charge is 0.453 e. The van der Waals surface area contributed by atoms with E-state index >= 15 is 0 Å². The summed E-state index contributed by atoms with van der Waals surface area (Å²) in [5, 5.41) is 2.45. The van der Waals surface area contributed by atoms with Gasteiger partial charge >= 0.3 is 6.09 Å². The Labute approximate surface area is 181 Å². The highest BCUT2D eigenvalue weighted by Crippen LogP contribution is 2.18. The molecule has 3 aromatic heterocycles. The highest BCUT2D eigenvalue weighted by molar-refractivity contribution is 6.10. The van der Waals surface area contributed by atoms with Crippen LogP contribution in [0.2, 0.25) is 0 Å². The van der Waals surface area contributed by atoms with Gasteiger partial charge in [0.25, 0.3) is 0 Å². The van der Waals surface area contributed by atoms with Crippen LogP contribution in [-0.2, 0) is 4.74 Å². The second-order valence-electron chi connectivity index (χ2n) is 6.49. The molecule has 3 heterocycles. The molecule has 5 rings (SSSR count). The van der Waals surface area contributed by atoms with Crippen molar-refractivity contribution in [3.05, 3.63) is 72.3 Å². The van der Waals surface area contributed by atoms with E-state index in [1.807, 2.05) is 18.2 Å². The normalized spacial score (nSPS) is 10.4. The zero-order chi connectivity index (χ0) is 22.5. The second kappa shape index (κ2) is 8.92. The Hall–Kier alpha value is -4.80. The molecule has 0 fully saturated rings. The molecule has 160 valence electrons. The summed E-state index contributed by atoms with van der Waals surface area (Å²) in [6, 6.07) is 14.2. The van der Waals surface area contributed by atoms with Crippen molar-refractivity contribution in [3.8, 4) is 0 Å². The third kappa shape index (κ3) is 4.36. The van der Waals surface area contributed by atoms with Gasteiger partial charge in [0.2, 0.25) is 5.95 Å². The van der Waals surface area contributed by atoms with Crippen molar-refractivity contribution in [2.24, 2.45) is 0 Å². The summed E-state index contributed by atoms with van der Waals surface area (Å²) in [5.74, 6) is 0.633. The first-order valence-electron chi connectivity index (χ1n) is 9.39. The van der Waals surface area contributed by atoms with Crippen LogP contribution in [0.3, 0.4) is 0 Å². The first-order chi connectivity index (χ1) is 15.5. The first-order valence-corrected chi connectivity index (χ1v) is 9.39. The summed E-state index contributed by atoms with van der Waals surface area (Å²) in [6.07, 6.45) is 2.31. The monoisotopic (exact) mass is 430 g/mol. The van der Waals surface area contributed by atoms with Gasteiger partial charge in [-0.15, -0.1) is 0 Å². The van der Waals surface area contributed by atoms with E-state index in [0.29, 0.717) is 39.1 Å². The lowest BCUT2D eigenvalue weighted by molar-refractivity contribution is 0.103. The molecule has 0 saturated carbocycles. The Kier molecular flexibility index (Phi) is 5.70. The number of hydrogen-bond acceptors (Lipinski definition) is 8. The van der Waals surface area contributed by atoms with Gasteiger partial charge in [0.1, 0.15) is 11.8 Å². The average molecular weight is 430 g/mol. The lowest BCUT2D eigenvalue weighted by Crippen LogP contribution is -2.11. The van der Waals surface area contributed by atoms with E-state index in [-0.39, 0.29) is 11.7 Å². The van der Waals surface area contributed by atoms with E-state index in [1.165, 1.54) is 19.8 Å². The van der Waals surface area contributed by atoms with Gasteiger partial charge in [0.15, 0.2) is 17.2 Å². The number of hydrogen-bond donors (Lipinski definition) is 4. The van der Waals surface area contributed by atoms with Gasteiger partial charge < -0.3 is 20.4 Å². The number of ether oxygens (including phenoxy) is 1. The molecule has 0 radical (unpaired) electrons. The summed E-state index contributed by atoms with van der Waals surface area (Å²) in [4.78, 5) is 45.1. The fourth-order valence-electron chi connectivity index (χ4n) is 2.90. The van der Waals surface area contributed by atoms with E-state index in [2.05, 4.69) is 40.0 Å². The Morgan fingerprint density at radius 1 is 1.03 bits per heavy atom. The molecule has 0 aliphatic carbocycles. The van der Waals surface area contributed by atoms with Crippen molar-refractivity contribution in [2.45, 2.75) is 0 Å². The van der Waals surface area contributed by atoms with Gasteiger partial charge in [0.05, 0.1) is 24.5 Å². The number of nitrogens with one attached hydrogen (secondary N) is 3. The van der Waals surface area contributed by atoms with Gasteiger partial charge in [-0.25, -0.2) is 24.7 Å². The van der Waals surface area contributed by atoms with Crippen LogP contribution in [0.1, 0.15) is 15.9 Å². The number of aromatic amines is 2. The van der Waals surface area contributed by atoms with Crippen molar-refractivity contribution in [1.29, 1.82) is 0 Å². The van der Waals surface area contributed by atoms with Crippen LogP contribution in [0.25, 0.3) is 22.2 Å². The van der Waals surface area contributed by atoms with Gasteiger partial charge in [0, 0.05) is 11.1 Å². The predicted molar refractivity (Wildman–Crippen MR) is 118 cm³/mol. The summed E-state index contributed by atoms with van der Waals surface area (Å²) in [7, 11) is 1.27. The standard InChI is InChI=1S/C16H13N3O3.C5H5N5/c1-22-16(21)19-15-17-12-8-7-11(9-13(12)18-15)14(20)10-5-3-2-4-6-10;6-4-3-5(9-1-7-3)10-2-8-4/h2-9H,1H3,(H2,17,18,19,21);1-2H,(H3,6,7,8,9,10). The number of fused-ring (bicyclic) bond motifs is 2. The van der Waals surface area contributed by atoms with Crippen LogP contribution < -0.4 is 11.1 Å². The van der Waals surface area contributed by atoms with E-state index in [9.17, 15) is 9.59 Å². The predicted octanol–water partition coefficient (Wildman–Crippen LogP) is 2.91. The molecular weight excluding hydrogens is 412 g/mol. The fourth-order valence-corrected chi connectivity index (χ4v) is 2.90. The minimum Gasteiger partial charge on any atom is -0.453 e. The summed E-state index contributed by atoms with van der Waals surface area (Å²) < 4.78 is 4.51. The summed E-state index contributed by atoms with van der Waals surface area (Å²) in [6.45, 7) is 0. The molecule has 0 spiro atoms. The second-order valence-corrected chi connectivity index (χ2v) is 6.49. The van der Waals surface area contributed by atoms with Crippen LogP contribution in [0.5, 0.6) is 0 Å². The molecule has 2 aromatic carbocycles. The lowest BCUT2D eigenvalue weighted by atomic mass is 10.0. The number of anilines is 2. The zero-order valence-electron chi connectivity index (χ0n) is 16.9. The van der Waals surface area contributed by atoms with Gasteiger partial charge in [-0.05, 0) is 18.2 Å². The molecule has 0 saturated heterocycles. The highest BCUT2D eigenvalue weighted by atomic mass is 16.5. The number of nitrogen functional groups attached to an aromatic ring is 1. The molecule has 0 atom stereocenters. The van der Waals surface area contributed by atoms with Crippen molar-refractivity contribution >= 4 is 45.8 Å². The number of nitrogens with zero attached hydrogens (tertiary/aromatic N) is 4. The Morgan fingerprint density at radius 2 is 1.84 bits per heavy atom. The molecular formula is C21H18N8O3. The Balaban J connectivity index is 0.000000203. The first kappa shape index (κ1) is 20.5. The molecule has 11 heteroatoms. The number of nitrogens with two attached hydrogens (primary N) is 1. The molecule has 32 heavy (non-hydrogen) atoms. The molecule has 1 amide bonds. The maximum atomic E-state index is 12.4. The number of carbonyl (C=O) groups excluding carboxylic acids is 2. The van der Waals surface area contributed by atoms with Gasteiger partial charge in [-0.2, -0.15) is 0 Å². The number of amides is 1. The number of rotatable bonds is 3. The summed E-state index contributed by atoms with van der Waals surface area (Å²) >= 11 is 0. The topological polar surface area (TPSA) is 165 Å². The Morgan fingerprint density at radius 3 is 2.59 bits per heavy atom. The van der Waals surface area contributed by atoms with Crippen LogP contribution in [-0.4, -0.2) is 48.9 Å². The fraction of sp³-hybridized carbons (Fsp3) is 0.0476. The molecule has 5 aromatic rings. The molecule has 5 N–H and O–H groups in total. The number of aromatic nitrogens is 6. The maximum absolute atomic E-state index is 12.4. The van der Waals surface area contributed by atoms with Gasteiger partial charge in [-0.3, -0.25) is 10.1 Å². The third-order valence-corrected chi connectivity index (χ3v) is 4.44. The SMILES string of the molecule is COC(=O)Nc1nc2ccc(C(=O)c3ccccc3)cc2[nH]1.Nc1ncnc2nc[nH]c12. The number of carbonyl (C=O) groups is 2. The number of imidazole rings is 2. The molecule has 0 aliphatic rings. The van der Waals surface area contributed by atoms with E-state index in [0.717, 1.165) is 0 Å². The zero-order valence-corrected chi connectivity index (χ0v) is 16.9. The van der Waals surface area contributed by atoms with E-state index in [4.69, 9.17) is 5.73 Å². The van der Waals surface area contributed by atoms with Crippen molar-refractivity contribution in [2.75, 3.05) is 18.2 Å². The number of benzene rings is 2. The molecule has 0 bridgehead atoms. The number of H-pyrrole nitrogens is 2. The molecule has 0 aliphatic heterocycles. The minimum absolute atomic E-state index is 0.0698. The molecule has 0 unspecified atom stereocenters. The lowest BCUT2D eigenvalue weighted by Gasteiger charge is -2.00. The third-order valence-electron chi connectivity index (χ3n) is 4.44. The minimum atomic E-state index is -0.611. The highest BCUT2D eigenvalue weighted by Gasteiger charge is 2.12. The molecule has 11 nitrogen and oxygen atoms in total. The van der Waals surface area contributed by atoms with E-state index < -0.39 is 6.09 Å². The van der Waals surface area contributed by atoms with E-state index in [1.54, 1.807) is 30.3 Å². The van der Waals surface area contributed by atoms with Crippen LogP contribution in [0, 0.1) is 0 Å². The Bertz CT molecular complexity index is 1390. The quantitative estimate of drug-likeness (QED) is 0.317. The van der Waals surface area contributed by atoms with Gasteiger partial charge in [-0.1, -0.05) is 30.3 Å². The average Bonchev–Trinajstić information content (AvgIpc) is 3.46. The summed E-state index contributed by atoms with van der Waals surface area (Å²) in [5.41, 5.74) is 9.26.